The Balaban J connectivity index is 1.87. The van der Waals surface area contributed by atoms with Crippen LogP contribution in [0.1, 0.15) is 26.2 Å². The monoisotopic (exact) mass is 282 g/mol. The molecule has 1 aromatic rings. The molecule has 2 aliphatic rings. The molecule has 2 unspecified atom stereocenters. The average molecular weight is 283 g/mol. The van der Waals surface area contributed by atoms with Gasteiger partial charge in [-0.1, -0.05) is 24.6 Å². The zero-order chi connectivity index (χ0) is 13.4. The Bertz CT molecular complexity index is 461. The van der Waals surface area contributed by atoms with Gasteiger partial charge in [-0.25, -0.2) is 4.39 Å². The largest absolute Gasteiger partial charge is 0.363 e. The van der Waals surface area contributed by atoms with Crippen LogP contribution < -0.4 is 10.2 Å². The Kier molecular flexibility index (Phi) is 3.68. The van der Waals surface area contributed by atoms with Crippen molar-refractivity contribution in [1.82, 2.24) is 5.32 Å². The molecule has 1 saturated carbocycles. The standard InChI is InChI=1S/C15H20ClFN2/c1-2-11-8-18-13(10-6-7-10)9-19(11)14-5-3-4-12(16)15(14)17/h3-5,10-11,13,18H,2,6-9H2,1H3. The van der Waals surface area contributed by atoms with Crippen LogP contribution in [0.25, 0.3) is 0 Å². The van der Waals surface area contributed by atoms with E-state index in [0.29, 0.717) is 17.8 Å². The topological polar surface area (TPSA) is 15.3 Å². The Labute approximate surface area is 118 Å². The number of rotatable bonds is 3. The lowest BCUT2D eigenvalue weighted by molar-refractivity contribution is 0.357. The van der Waals surface area contributed by atoms with Crippen molar-refractivity contribution >= 4 is 17.3 Å². The van der Waals surface area contributed by atoms with Gasteiger partial charge in [0.2, 0.25) is 0 Å². The molecule has 2 nitrogen and oxygen atoms in total. The molecule has 104 valence electrons. The zero-order valence-electron chi connectivity index (χ0n) is 11.2. The highest BCUT2D eigenvalue weighted by atomic mass is 35.5. The fourth-order valence-corrected chi connectivity index (χ4v) is 3.18. The van der Waals surface area contributed by atoms with Crippen molar-refractivity contribution in [2.45, 2.75) is 38.3 Å². The third kappa shape index (κ3) is 2.59. The number of anilines is 1. The van der Waals surface area contributed by atoms with Crippen molar-refractivity contribution < 1.29 is 4.39 Å². The van der Waals surface area contributed by atoms with E-state index in [1.54, 1.807) is 6.07 Å². The van der Waals surface area contributed by atoms with Crippen LogP contribution in [0.4, 0.5) is 10.1 Å². The molecule has 0 bridgehead atoms. The molecule has 19 heavy (non-hydrogen) atoms. The van der Waals surface area contributed by atoms with Crippen molar-refractivity contribution in [1.29, 1.82) is 0 Å². The molecule has 1 aliphatic carbocycles. The lowest BCUT2D eigenvalue weighted by Gasteiger charge is -2.42. The number of nitrogens with zero attached hydrogens (tertiary/aromatic N) is 1. The van der Waals surface area contributed by atoms with E-state index in [2.05, 4.69) is 17.1 Å². The number of benzene rings is 1. The third-order valence-corrected chi connectivity index (χ3v) is 4.64. The summed E-state index contributed by atoms with van der Waals surface area (Å²) in [6.45, 7) is 3.98. The van der Waals surface area contributed by atoms with Crippen LogP contribution in [-0.4, -0.2) is 25.2 Å². The first kappa shape index (κ1) is 13.2. The highest BCUT2D eigenvalue weighted by molar-refractivity contribution is 6.31. The van der Waals surface area contributed by atoms with Gasteiger partial charge in [-0.15, -0.1) is 0 Å². The van der Waals surface area contributed by atoms with Gasteiger partial charge in [-0.2, -0.15) is 0 Å². The first-order valence-electron chi connectivity index (χ1n) is 7.14. The predicted octanol–water partition coefficient (Wildman–Crippen LogP) is 3.45. The Morgan fingerprint density at radius 3 is 2.89 bits per heavy atom. The van der Waals surface area contributed by atoms with Gasteiger partial charge in [-0.05, 0) is 37.3 Å². The highest BCUT2D eigenvalue weighted by Crippen LogP contribution is 2.36. The molecule has 0 amide bonds. The molecule has 1 saturated heterocycles. The summed E-state index contributed by atoms with van der Waals surface area (Å²) >= 11 is 5.92. The Morgan fingerprint density at radius 2 is 2.21 bits per heavy atom. The summed E-state index contributed by atoms with van der Waals surface area (Å²) in [5, 5.41) is 3.84. The summed E-state index contributed by atoms with van der Waals surface area (Å²) in [7, 11) is 0. The van der Waals surface area contributed by atoms with Gasteiger partial charge in [0, 0.05) is 25.2 Å². The van der Waals surface area contributed by atoms with Crippen molar-refractivity contribution in [3.05, 3.63) is 29.0 Å². The Hall–Kier alpha value is -0.800. The van der Waals surface area contributed by atoms with Crippen LogP contribution >= 0.6 is 11.6 Å². The second kappa shape index (κ2) is 5.29. The summed E-state index contributed by atoms with van der Waals surface area (Å²) in [5.41, 5.74) is 0.659. The van der Waals surface area contributed by atoms with Crippen LogP contribution in [-0.2, 0) is 0 Å². The maximum absolute atomic E-state index is 14.2. The second-order valence-electron chi connectivity index (χ2n) is 5.64. The lowest BCUT2D eigenvalue weighted by Crippen LogP contribution is -2.57. The van der Waals surface area contributed by atoms with Gasteiger partial charge in [0.05, 0.1) is 10.7 Å². The maximum atomic E-state index is 14.2. The number of hydrogen-bond acceptors (Lipinski definition) is 2. The average Bonchev–Trinajstić information content (AvgIpc) is 3.26. The zero-order valence-corrected chi connectivity index (χ0v) is 12.0. The molecular weight excluding hydrogens is 263 g/mol. The van der Waals surface area contributed by atoms with E-state index >= 15 is 0 Å². The van der Waals surface area contributed by atoms with E-state index in [4.69, 9.17) is 11.6 Å². The van der Waals surface area contributed by atoms with Crippen molar-refractivity contribution in [2.24, 2.45) is 5.92 Å². The van der Waals surface area contributed by atoms with Crippen LogP contribution in [0.5, 0.6) is 0 Å². The van der Waals surface area contributed by atoms with Crippen LogP contribution in [0.15, 0.2) is 18.2 Å². The minimum Gasteiger partial charge on any atom is -0.363 e. The molecule has 0 radical (unpaired) electrons. The van der Waals surface area contributed by atoms with Gasteiger partial charge in [0.25, 0.3) is 0 Å². The molecule has 2 atom stereocenters. The maximum Gasteiger partial charge on any atom is 0.165 e. The summed E-state index contributed by atoms with van der Waals surface area (Å²) in [5.74, 6) is 0.501. The minimum atomic E-state index is -0.279. The highest BCUT2D eigenvalue weighted by Gasteiger charge is 2.37. The van der Waals surface area contributed by atoms with E-state index in [1.807, 2.05) is 12.1 Å². The molecule has 0 spiro atoms. The molecule has 2 fully saturated rings. The van der Waals surface area contributed by atoms with Crippen molar-refractivity contribution in [3.63, 3.8) is 0 Å². The predicted molar refractivity (Wildman–Crippen MR) is 77.3 cm³/mol. The molecule has 1 aliphatic heterocycles. The van der Waals surface area contributed by atoms with Crippen molar-refractivity contribution in [3.8, 4) is 0 Å². The van der Waals surface area contributed by atoms with E-state index in [0.717, 1.165) is 25.4 Å². The fraction of sp³-hybridized carbons (Fsp3) is 0.600. The molecule has 3 rings (SSSR count). The smallest absolute Gasteiger partial charge is 0.165 e. The van der Waals surface area contributed by atoms with Gasteiger partial charge < -0.3 is 10.2 Å². The number of piperazine rings is 1. The Morgan fingerprint density at radius 1 is 1.42 bits per heavy atom. The first-order chi connectivity index (χ1) is 9.20. The third-order valence-electron chi connectivity index (χ3n) is 4.35. The van der Waals surface area contributed by atoms with Gasteiger partial charge >= 0.3 is 0 Å². The van der Waals surface area contributed by atoms with Crippen LogP contribution in [0.3, 0.4) is 0 Å². The van der Waals surface area contributed by atoms with Crippen LogP contribution in [0, 0.1) is 11.7 Å². The van der Waals surface area contributed by atoms with Gasteiger partial charge in [0.1, 0.15) is 0 Å². The van der Waals surface area contributed by atoms with Gasteiger partial charge in [-0.3, -0.25) is 0 Å². The lowest BCUT2D eigenvalue weighted by atomic mass is 10.0. The van der Waals surface area contributed by atoms with E-state index in [9.17, 15) is 4.39 Å². The molecule has 4 heteroatoms. The molecule has 1 aromatic carbocycles. The normalized spacial score (nSPS) is 27.6. The molecular formula is C15H20ClFN2. The van der Waals surface area contributed by atoms with Crippen LogP contribution in [0.2, 0.25) is 5.02 Å². The number of nitrogens with one attached hydrogen (secondary N) is 1. The summed E-state index contributed by atoms with van der Waals surface area (Å²) in [6, 6.07) is 6.15. The van der Waals surface area contributed by atoms with Gasteiger partial charge in [0.15, 0.2) is 5.82 Å². The van der Waals surface area contributed by atoms with E-state index in [1.165, 1.54) is 12.8 Å². The van der Waals surface area contributed by atoms with Crippen molar-refractivity contribution in [2.75, 3.05) is 18.0 Å². The van der Waals surface area contributed by atoms with E-state index < -0.39 is 0 Å². The number of halogens is 2. The second-order valence-corrected chi connectivity index (χ2v) is 6.05. The molecule has 0 aromatic heterocycles. The first-order valence-corrected chi connectivity index (χ1v) is 7.52. The summed E-state index contributed by atoms with van der Waals surface area (Å²) < 4.78 is 14.2. The van der Waals surface area contributed by atoms with E-state index in [-0.39, 0.29) is 10.8 Å². The summed E-state index contributed by atoms with van der Waals surface area (Å²) in [6.07, 6.45) is 3.62. The SMILES string of the molecule is CCC1CNC(C2CC2)CN1c1cccc(Cl)c1F. The molecule has 1 N–H and O–H groups in total. The minimum absolute atomic E-state index is 0.217. The summed E-state index contributed by atoms with van der Waals surface area (Å²) in [4.78, 5) is 2.21. The molecule has 1 heterocycles. The quantitative estimate of drug-likeness (QED) is 0.913. The fourth-order valence-electron chi connectivity index (χ4n) is 3.01. The number of hydrogen-bond donors (Lipinski definition) is 1.